The summed E-state index contributed by atoms with van der Waals surface area (Å²) in [5.41, 5.74) is 4.56. The summed E-state index contributed by atoms with van der Waals surface area (Å²) in [7, 11) is 0. The van der Waals surface area contributed by atoms with Crippen molar-refractivity contribution in [2.75, 3.05) is 24.7 Å². The molecule has 9 heteroatoms. The number of aromatic carboxylic acids is 1. The van der Waals surface area contributed by atoms with E-state index in [1.54, 1.807) is 4.90 Å². The summed E-state index contributed by atoms with van der Waals surface area (Å²) in [5, 5.41) is 9.05. The highest BCUT2D eigenvalue weighted by atomic mass is 19.1. The number of pyridine rings is 2. The van der Waals surface area contributed by atoms with Crippen molar-refractivity contribution in [3.63, 3.8) is 0 Å². The Hall–Kier alpha value is -2.55. The molecule has 3 heterocycles. The number of nitrogens with zero attached hydrogens (tertiary/aromatic N) is 3. The highest BCUT2D eigenvalue weighted by molar-refractivity contribution is 5.93. The van der Waals surface area contributed by atoms with Crippen molar-refractivity contribution < 1.29 is 18.7 Å². The third-order valence-electron chi connectivity index (χ3n) is 4.44. The number of hydrogen-bond acceptors (Lipinski definition) is 5. The lowest BCUT2D eigenvalue weighted by molar-refractivity contribution is 0.0694. The van der Waals surface area contributed by atoms with Crippen LogP contribution in [-0.2, 0) is 6.54 Å². The summed E-state index contributed by atoms with van der Waals surface area (Å²) in [6.07, 6.45) is 1.74. The van der Waals surface area contributed by atoms with Crippen molar-refractivity contribution in [1.29, 1.82) is 0 Å². The van der Waals surface area contributed by atoms with Crippen LogP contribution in [0.4, 0.5) is 14.6 Å². The van der Waals surface area contributed by atoms with Crippen molar-refractivity contribution in [3.8, 4) is 0 Å². The van der Waals surface area contributed by atoms with Crippen molar-refractivity contribution in [3.05, 3.63) is 33.4 Å². The third kappa shape index (κ3) is 2.84. The molecule has 2 aromatic heterocycles. The number of halogens is 2. The molecule has 1 atom stereocenters. The topological polar surface area (TPSA) is 101 Å². The van der Waals surface area contributed by atoms with Crippen LogP contribution in [0.1, 0.15) is 22.3 Å². The molecule has 1 aliphatic rings. The number of nitrogens with two attached hydrogens (primary N) is 1. The minimum Gasteiger partial charge on any atom is -0.477 e. The normalized spacial score (nSPS) is 17.4. The zero-order valence-electron chi connectivity index (χ0n) is 13.6. The lowest BCUT2D eigenvalue weighted by Gasteiger charge is -2.21. The van der Waals surface area contributed by atoms with Gasteiger partial charge in [-0.1, -0.05) is 0 Å². The highest BCUT2D eigenvalue weighted by Gasteiger charge is 2.27. The second-order valence-corrected chi connectivity index (χ2v) is 6.13. The molecule has 0 spiro atoms. The quantitative estimate of drug-likeness (QED) is 0.853. The van der Waals surface area contributed by atoms with Gasteiger partial charge >= 0.3 is 5.97 Å². The second-order valence-electron chi connectivity index (χ2n) is 6.13. The smallest absolute Gasteiger partial charge is 0.341 e. The Bertz CT molecular complexity index is 913. The Morgan fingerprint density at radius 2 is 2.24 bits per heavy atom. The first kappa shape index (κ1) is 17.3. The molecule has 3 N–H and O–H groups in total. The Morgan fingerprint density at radius 3 is 2.80 bits per heavy atom. The van der Waals surface area contributed by atoms with Crippen LogP contribution in [-0.4, -0.2) is 46.4 Å². The molecule has 1 unspecified atom stereocenters. The van der Waals surface area contributed by atoms with Gasteiger partial charge in [0.1, 0.15) is 17.9 Å². The average Bonchev–Trinajstić information content (AvgIpc) is 2.98. The molecule has 1 fully saturated rings. The Morgan fingerprint density at radius 1 is 1.52 bits per heavy atom. The third-order valence-corrected chi connectivity index (χ3v) is 4.44. The maximum Gasteiger partial charge on any atom is 0.341 e. The van der Waals surface area contributed by atoms with E-state index < -0.39 is 29.5 Å². The van der Waals surface area contributed by atoms with Gasteiger partial charge in [-0.25, -0.2) is 18.6 Å². The van der Waals surface area contributed by atoms with E-state index in [2.05, 4.69) is 4.98 Å². The number of anilines is 1. The summed E-state index contributed by atoms with van der Waals surface area (Å²) in [4.78, 5) is 29.7. The van der Waals surface area contributed by atoms with E-state index in [0.29, 0.717) is 19.5 Å². The molecule has 3 rings (SSSR count). The van der Waals surface area contributed by atoms with E-state index in [4.69, 9.17) is 5.73 Å². The predicted octanol–water partition coefficient (Wildman–Crippen LogP) is 1.05. The first-order valence-corrected chi connectivity index (χ1v) is 7.88. The van der Waals surface area contributed by atoms with Crippen LogP contribution in [0.3, 0.4) is 0 Å². The van der Waals surface area contributed by atoms with Crippen LogP contribution in [0.15, 0.2) is 11.0 Å². The molecule has 25 heavy (non-hydrogen) atoms. The van der Waals surface area contributed by atoms with Gasteiger partial charge in [-0.05, 0) is 13.3 Å². The molecule has 0 saturated carbocycles. The fraction of sp³-hybridized carbons (Fsp3) is 0.438. The summed E-state index contributed by atoms with van der Waals surface area (Å²) in [5.74, 6) is -2.09. The van der Waals surface area contributed by atoms with Crippen LogP contribution < -0.4 is 16.1 Å². The summed E-state index contributed by atoms with van der Waals surface area (Å²) in [6.45, 7) is 1.38. The molecule has 0 amide bonds. The lowest BCUT2D eigenvalue weighted by Crippen LogP contribution is -2.29. The molecular formula is C16H18F2N4O3. The Labute approximate surface area is 141 Å². The van der Waals surface area contributed by atoms with Crippen LogP contribution in [0, 0.1) is 12.7 Å². The number of carboxylic acids is 1. The SMILES string of the molecule is Cc1c(F)c(N2CCC(N)C2)nc2c1c(=O)c(C(=O)O)cn2CCF. The molecule has 0 aliphatic carbocycles. The van der Waals surface area contributed by atoms with Gasteiger partial charge in [-0.15, -0.1) is 0 Å². The zero-order chi connectivity index (χ0) is 18.3. The number of fused-ring (bicyclic) bond motifs is 1. The second kappa shape index (κ2) is 6.40. The van der Waals surface area contributed by atoms with E-state index in [-0.39, 0.29) is 35.0 Å². The first-order chi connectivity index (χ1) is 11.8. The van der Waals surface area contributed by atoms with E-state index in [0.717, 1.165) is 6.20 Å². The maximum absolute atomic E-state index is 14.8. The van der Waals surface area contributed by atoms with Crippen molar-refractivity contribution in [2.45, 2.75) is 25.9 Å². The van der Waals surface area contributed by atoms with E-state index >= 15 is 0 Å². The molecular weight excluding hydrogens is 334 g/mol. The van der Waals surface area contributed by atoms with Crippen LogP contribution in [0.25, 0.3) is 11.0 Å². The molecule has 0 aromatic carbocycles. The van der Waals surface area contributed by atoms with Gasteiger partial charge in [0.15, 0.2) is 11.6 Å². The van der Waals surface area contributed by atoms with E-state index in [9.17, 15) is 23.5 Å². The van der Waals surface area contributed by atoms with Gasteiger partial charge in [0, 0.05) is 30.9 Å². The van der Waals surface area contributed by atoms with Gasteiger partial charge in [0.2, 0.25) is 5.43 Å². The summed E-state index contributed by atoms with van der Waals surface area (Å²) >= 11 is 0. The lowest BCUT2D eigenvalue weighted by atomic mass is 10.1. The molecule has 0 bridgehead atoms. The molecule has 0 radical (unpaired) electrons. The minimum absolute atomic E-state index is 0.00109. The van der Waals surface area contributed by atoms with Gasteiger partial charge in [-0.2, -0.15) is 0 Å². The Kier molecular flexibility index (Phi) is 4.42. The largest absolute Gasteiger partial charge is 0.477 e. The molecule has 2 aromatic rings. The fourth-order valence-corrected chi connectivity index (χ4v) is 3.14. The number of rotatable bonds is 4. The fourth-order valence-electron chi connectivity index (χ4n) is 3.14. The number of carbonyl (C=O) groups is 1. The van der Waals surface area contributed by atoms with Crippen molar-refractivity contribution in [2.24, 2.45) is 5.73 Å². The number of carboxylic acid groups (broad SMARTS) is 1. The van der Waals surface area contributed by atoms with Crippen molar-refractivity contribution >= 4 is 22.8 Å². The summed E-state index contributed by atoms with van der Waals surface area (Å²) in [6, 6.07) is -0.0976. The average molecular weight is 352 g/mol. The number of aryl methyl sites for hydroxylation is 2. The van der Waals surface area contributed by atoms with Crippen molar-refractivity contribution in [1.82, 2.24) is 9.55 Å². The van der Waals surface area contributed by atoms with Gasteiger partial charge < -0.3 is 20.3 Å². The van der Waals surface area contributed by atoms with Crippen LogP contribution >= 0.6 is 0 Å². The first-order valence-electron chi connectivity index (χ1n) is 7.88. The van der Waals surface area contributed by atoms with E-state index in [1.165, 1.54) is 11.5 Å². The molecule has 7 nitrogen and oxygen atoms in total. The van der Waals surface area contributed by atoms with Gasteiger partial charge in [-0.3, -0.25) is 4.79 Å². The zero-order valence-corrected chi connectivity index (χ0v) is 13.6. The van der Waals surface area contributed by atoms with Crippen LogP contribution in [0.2, 0.25) is 0 Å². The minimum atomic E-state index is -1.45. The highest BCUT2D eigenvalue weighted by Crippen LogP contribution is 2.28. The number of alkyl halides is 1. The van der Waals surface area contributed by atoms with Gasteiger partial charge in [0.05, 0.1) is 11.9 Å². The monoisotopic (exact) mass is 352 g/mol. The van der Waals surface area contributed by atoms with E-state index in [1.807, 2.05) is 0 Å². The number of aromatic nitrogens is 2. The number of hydrogen-bond donors (Lipinski definition) is 2. The molecule has 134 valence electrons. The van der Waals surface area contributed by atoms with Crippen LogP contribution in [0.5, 0.6) is 0 Å². The summed E-state index contributed by atoms with van der Waals surface area (Å²) < 4.78 is 29.0. The standard InChI is InChI=1S/C16H18F2N4O3/c1-8-11-13(23)10(16(24)25)7-22(5-3-17)14(11)20-15(12(8)18)21-4-2-9(19)6-21/h7,9H,2-6,19H2,1H3,(H,24,25). The Balaban J connectivity index is 2.33. The molecule has 1 saturated heterocycles. The predicted molar refractivity (Wildman–Crippen MR) is 88.4 cm³/mol. The maximum atomic E-state index is 14.8. The van der Waals surface area contributed by atoms with Gasteiger partial charge in [0.25, 0.3) is 0 Å². The molecule has 1 aliphatic heterocycles.